The van der Waals surface area contributed by atoms with Crippen molar-refractivity contribution in [2.24, 2.45) is 5.41 Å². The number of hydrogen-bond donors (Lipinski definition) is 1. The lowest BCUT2D eigenvalue weighted by Crippen LogP contribution is -2.48. The second-order valence-corrected chi connectivity index (χ2v) is 8.14. The largest absolute Gasteiger partial charge is 0.497 e. The molecule has 24 heavy (non-hydrogen) atoms. The van der Waals surface area contributed by atoms with Gasteiger partial charge in [-0.25, -0.2) is 0 Å². The van der Waals surface area contributed by atoms with Gasteiger partial charge in [0.15, 0.2) is 0 Å². The smallest absolute Gasteiger partial charge is 0.120 e. The first kappa shape index (κ1) is 16.2. The Bertz CT molecular complexity index is 747. The van der Waals surface area contributed by atoms with Crippen molar-refractivity contribution in [3.8, 4) is 5.75 Å². The van der Waals surface area contributed by atoms with Crippen LogP contribution < -0.4 is 4.74 Å². The van der Waals surface area contributed by atoms with Gasteiger partial charge in [0.2, 0.25) is 0 Å². The van der Waals surface area contributed by atoms with E-state index in [4.69, 9.17) is 4.74 Å². The van der Waals surface area contributed by atoms with Crippen molar-refractivity contribution in [3.05, 3.63) is 63.6 Å². The lowest BCUT2D eigenvalue weighted by Gasteiger charge is -2.50. The van der Waals surface area contributed by atoms with Crippen LogP contribution in [0, 0.1) is 5.41 Å². The van der Waals surface area contributed by atoms with E-state index in [9.17, 15) is 5.11 Å². The second-order valence-electron chi connectivity index (χ2n) is 7.23. The molecular weight excluding hydrogens is 364 g/mol. The number of aryl methyl sites for hydroxylation is 1. The summed E-state index contributed by atoms with van der Waals surface area (Å²) in [6.45, 7) is 0. The number of benzene rings is 2. The number of halogens is 1. The lowest BCUT2D eigenvalue weighted by atomic mass is 9.57. The molecule has 0 amide bonds. The zero-order valence-corrected chi connectivity index (χ0v) is 15.6. The Labute approximate surface area is 152 Å². The van der Waals surface area contributed by atoms with E-state index >= 15 is 0 Å². The van der Waals surface area contributed by atoms with E-state index in [1.807, 2.05) is 18.2 Å². The van der Waals surface area contributed by atoms with Crippen LogP contribution >= 0.6 is 15.9 Å². The summed E-state index contributed by atoms with van der Waals surface area (Å²) in [7, 11) is 1.70. The number of aliphatic hydroxyl groups is 1. The zero-order chi connectivity index (χ0) is 16.8. The van der Waals surface area contributed by atoms with Gasteiger partial charge in [-0.3, -0.25) is 0 Å². The molecular formula is C21H23BrO2. The van der Waals surface area contributed by atoms with Gasteiger partial charge in [-0.1, -0.05) is 47.0 Å². The maximum absolute atomic E-state index is 12.1. The molecule has 0 radical (unpaired) electrons. The molecule has 0 bridgehead atoms. The van der Waals surface area contributed by atoms with E-state index < -0.39 is 5.60 Å². The standard InChI is InChI=1S/C21H23BrO2/c1-24-18-8-9-19-15(14-18)10-13-20(11-2-3-12-20)21(19,23)16-4-6-17(22)7-5-16/h4-9,14,23H,2-3,10-13H2,1H3. The molecule has 1 unspecified atom stereocenters. The number of ether oxygens (including phenoxy) is 1. The van der Waals surface area contributed by atoms with Crippen molar-refractivity contribution in [1.82, 2.24) is 0 Å². The van der Waals surface area contributed by atoms with Crippen LogP contribution in [0.3, 0.4) is 0 Å². The minimum absolute atomic E-state index is 0.0393. The summed E-state index contributed by atoms with van der Waals surface area (Å²) in [5, 5.41) is 12.1. The van der Waals surface area contributed by atoms with E-state index in [1.54, 1.807) is 7.11 Å². The van der Waals surface area contributed by atoms with E-state index in [-0.39, 0.29) is 5.41 Å². The van der Waals surface area contributed by atoms with Gasteiger partial charge in [0.1, 0.15) is 11.4 Å². The molecule has 0 aromatic heterocycles. The molecule has 0 heterocycles. The van der Waals surface area contributed by atoms with Crippen LogP contribution in [-0.2, 0) is 12.0 Å². The normalized spacial score (nSPS) is 24.8. The summed E-state index contributed by atoms with van der Waals surface area (Å²) in [5.41, 5.74) is 2.35. The van der Waals surface area contributed by atoms with Crippen LogP contribution in [0.25, 0.3) is 0 Å². The molecule has 0 saturated heterocycles. The van der Waals surface area contributed by atoms with Crippen molar-refractivity contribution >= 4 is 15.9 Å². The van der Waals surface area contributed by atoms with Gasteiger partial charge in [0, 0.05) is 9.89 Å². The van der Waals surface area contributed by atoms with Crippen molar-refractivity contribution < 1.29 is 9.84 Å². The van der Waals surface area contributed by atoms with Crippen LogP contribution in [0.2, 0.25) is 0 Å². The Kier molecular flexibility index (Phi) is 3.97. The van der Waals surface area contributed by atoms with Gasteiger partial charge < -0.3 is 9.84 Å². The minimum Gasteiger partial charge on any atom is -0.497 e. The van der Waals surface area contributed by atoms with E-state index in [1.165, 1.54) is 18.4 Å². The predicted molar refractivity (Wildman–Crippen MR) is 99.4 cm³/mol. The Balaban J connectivity index is 1.93. The molecule has 3 heteroatoms. The fourth-order valence-corrected chi connectivity index (χ4v) is 5.18. The predicted octanol–water partition coefficient (Wildman–Crippen LogP) is 5.20. The molecule has 126 valence electrons. The van der Waals surface area contributed by atoms with Gasteiger partial charge in [0.05, 0.1) is 7.11 Å². The first-order chi connectivity index (χ1) is 11.6. The highest BCUT2D eigenvalue weighted by Gasteiger charge is 2.56. The monoisotopic (exact) mass is 386 g/mol. The van der Waals surface area contributed by atoms with Crippen molar-refractivity contribution in [3.63, 3.8) is 0 Å². The average molecular weight is 387 g/mol. The van der Waals surface area contributed by atoms with Crippen LogP contribution in [0.5, 0.6) is 5.75 Å². The third kappa shape index (κ3) is 2.25. The van der Waals surface area contributed by atoms with E-state index in [0.29, 0.717) is 0 Å². The second kappa shape index (κ2) is 5.89. The Morgan fingerprint density at radius 1 is 1.00 bits per heavy atom. The van der Waals surface area contributed by atoms with Gasteiger partial charge >= 0.3 is 0 Å². The molecule has 2 nitrogen and oxygen atoms in total. The zero-order valence-electron chi connectivity index (χ0n) is 14.0. The van der Waals surface area contributed by atoms with Crippen LogP contribution in [0.15, 0.2) is 46.9 Å². The Morgan fingerprint density at radius 2 is 1.71 bits per heavy atom. The fraction of sp³-hybridized carbons (Fsp3) is 0.429. The fourth-order valence-electron chi connectivity index (χ4n) is 4.91. The molecule has 2 aliphatic carbocycles. The highest BCUT2D eigenvalue weighted by molar-refractivity contribution is 9.10. The number of rotatable bonds is 2. The molecule has 2 aromatic carbocycles. The summed E-state index contributed by atoms with van der Waals surface area (Å²) in [6.07, 6.45) is 6.69. The van der Waals surface area contributed by atoms with Crippen molar-refractivity contribution in [1.29, 1.82) is 0 Å². The van der Waals surface area contributed by atoms with Gasteiger partial charge in [-0.15, -0.1) is 0 Å². The van der Waals surface area contributed by atoms with Crippen molar-refractivity contribution in [2.45, 2.75) is 44.1 Å². The third-order valence-corrected chi connectivity index (χ3v) is 6.69. The lowest BCUT2D eigenvalue weighted by molar-refractivity contribution is -0.0680. The summed E-state index contributed by atoms with van der Waals surface area (Å²) in [5.74, 6) is 0.870. The van der Waals surface area contributed by atoms with E-state index in [0.717, 1.165) is 47.0 Å². The van der Waals surface area contributed by atoms with E-state index in [2.05, 4.69) is 40.2 Å². The Morgan fingerprint density at radius 3 is 2.38 bits per heavy atom. The maximum atomic E-state index is 12.1. The summed E-state index contributed by atoms with van der Waals surface area (Å²) in [6, 6.07) is 14.4. The molecule has 0 aliphatic heterocycles. The first-order valence-electron chi connectivity index (χ1n) is 8.75. The molecule has 2 aliphatic rings. The van der Waals surface area contributed by atoms with Crippen LogP contribution in [-0.4, -0.2) is 12.2 Å². The Hall–Kier alpha value is -1.32. The van der Waals surface area contributed by atoms with Gasteiger partial charge in [0.25, 0.3) is 0 Å². The average Bonchev–Trinajstić information content (AvgIpc) is 3.09. The van der Waals surface area contributed by atoms with Gasteiger partial charge in [-0.05, 0) is 66.6 Å². The highest BCUT2D eigenvalue weighted by Crippen LogP contribution is 2.60. The molecule has 1 fully saturated rings. The third-order valence-electron chi connectivity index (χ3n) is 6.17. The molecule has 2 aromatic rings. The van der Waals surface area contributed by atoms with Crippen molar-refractivity contribution in [2.75, 3.05) is 7.11 Å². The first-order valence-corrected chi connectivity index (χ1v) is 9.54. The number of fused-ring (bicyclic) bond motifs is 1. The van der Waals surface area contributed by atoms with Gasteiger partial charge in [-0.2, -0.15) is 0 Å². The summed E-state index contributed by atoms with van der Waals surface area (Å²) >= 11 is 3.51. The molecule has 1 atom stereocenters. The maximum Gasteiger partial charge on any atom is 0.120 e. The molecule has 1 spiro atoms. The molecule has 4 rings (SSSR count). The minimum atomic E-state index is -0.913. The summed E-state index contributed by atoms with van der Waals surface area (Å²) in [4.78, 5) is 0. The number of methoxy groups -OCH3 is 1. The topological polar surface area (TPSA) is 29.5 Å². The highest BCUT2D eigenvalue weighted by atomic mass is 79.9. The summed E-state index contributed by atoms with van der Waals surface area (Å²) < 4.78 is 6.44. The number of hydrogen-bond acceptors (Lipinski definition) is 2. The molecule has 1 N–H and O–H groups in total. The van der Waals surface area contributed by atoms with Crippen LogP contribution in [0.1, 0.15) is 48.8 Å². The van der Waals surface area contributed by atoms with Crippen LogP contribution in [0.4, 0.5) is 0 Å². The molecule has 1 saturated carbocycles. The quantitative estimate of drug-likeness (QED) is 0.768. The SMILES string of the molecule is COc1ccc2c(c1)CCC1(CCCC1)C2(O)c1ccc(Br)cc1.